The van der Waals surface area contributed by atoms with E-state index in [0.29, 0.717) is 18.7 Å². The van der Waals surface area contributed by atoms with E-state index < -0.39 is 0 Å². The van der Waals surface area contributed by atoms with Crippen LogP contribution in [0.1, 0.15) is 64.7 Å². The van der Waals surface area contributed by atoms with Gasteiger partial charge in [-0.1, -0.05) is 48.0 Å². The summed E-state index contributed by atoms with van der Waals surface area (Å²) >= 11 is 5.97. The van der Waals surface area contributed by atoms with Gasteiger partial charge >= 0.3 is 0 Å². The summed E-state index contributed by atoms with van der Waals surface area (Å²) in [5.41, 5.74) is 5.51. The number of amides is 1. The summed E-state index contributed by atoms with van der Waals surface area (Å²) < 4.78 is 6.23. The highest BCUT2D eigenvalue weighted by molar-refractivity contribution is 6.30. The molecule has 1 heterocycles. The van der Waals surface area contributed by atoms with Gasteiger partial charge in [0.15, 0.2) is 0 Å². The van der Waals surface area contributed by atoms with Crippen molar-refractivity contribution in [3.8, 4) is 5.75 Å². The molecule has 3 aromatic rings. The summed E-state index contributed by atoms with van der Waals surface area (Å²) in [7, 11) is 0. The monoisotopic (exact) mass is 516 g/mol. The van der Waals surface area contributed by atoms with Crippen molar-refractivity contribution in [2.24, 2.45) is 5.92 Å². The van der Waals surface area contributed by atoms with Crippen LogP contribution in [-0.4, -0.2) is 37.0 Å². The predicted molar refractivity (Wildman–Crippen MR) is 151 cm³/mol. The number of nitrogens with one attached hydrogen (secondary N) is 1. The van der Waals surface area contributed by atoms with E-state index >= 15 is 0 Å². The van der Waals surface area contributed by atoms with Crippen molar-refractivity contribution in [1.29, 1.82) is 0 Å². The lowest BCUT2D eigenvalue weighted by atomic mass is 9.99. The Balaban J connectivity index is 1.29. The molecule has 2 bridgehead atoms. The quantitative estimate of drug-likeness (QED) is 0.397. The first-order chi connectivity index (χ1) is 18.1. The van der Waals surface area contributed by atoms with E-state index in [2.05, 4.69) is 34.5 Å². The van der Waals surface area contributed by atoms with Gasteiger partial charge in [-0.25, -0.2) is 0 Å². The number of fused-ring (bicyclic) bond motifs is 3. The van der Waals surface area contributed by atoms with E-state index in [4.69, 9.17) is 16.3 Å². The lowest BCUT2D eigenvalue weighted by Crippen LogP contribution is -2.27. The van der Waals surface area contributed by atoms with Crippen molar-refractivity contribution >= 4 is 17.5 Å². The van der Waals surface area contributed by atoms with Crippen LogP contribution >= 0.6 is 11.6 Å². The van der Waals surface area contributed by atoms with Crippen molar-refractivity contribution in [2.75, 3.05) is 26.2 Å². The van der Waals surface area contributed by atoms with E-state index in [1.54, 1.807) is 0 Å². The SMILES string of the molecule is O=C(NCCc1ccc(Cl)cc1)c1ccc2c(c1)Cc1cccc(c1)CN(CC1CC1)CCCCCO2. The fourth-order valence-corrected chi connectivity index (χ4v) is 5.21. The Morgan fingerprint density at radius 2 is 1.81 bits per heavy atom. The standard InChI is InChI=1S/C32H37ClN2O2/c33-30-12-9-24(10-13-30)15-16-34-32(36)28-11-14-31-29(21-28)20-26-5-4-6-27(19-26)23-35(22-25-7-8-25)17-2-1-3-18-37-31/h4-6,9-14,19,21,25H,1-3,7-8,15-18,20,22-23H2,(H,34,36). The van der Waals surface area contributed by atoms with Crippen LogP contribution in [0.5, 0.6) is 5.75 Å². The van der Waals surface area contributed by atoms with Gasteiger partial charge in [0.2, 0.25) is 0 Å². The molecule has 3 aromatic carbocycles. The van der Waals surface area contributed by atoms with Crippen LogP contribution in [-0.2, 0) is 19.4 Å². The molecular weight excluding hydrogens is 480 g/mol. The Hall–Kier alpha value is -2.82. The fourth-order valence-electron chi connectivity index (χ4n) is 5.09. The molecule has 2 aliphatic rings. The van der Waals surface area contributed by atoms with Crippen LogP contribution in [0.4, 0.5) is 0 Å². The number of halogens is 1. The molecule has 0 unspecified atom stereocenters. The van der Waals surface area contributed by atoms with Gasteiger partial charge < -0.3 is 10.1 Å². The third-order valence-corrected chi connectivity index (χ3v) is 7.57. The molecule has 0 atom stereocenters. The van der Waals surface area contributed by atoms with Crippen molar-refractivity contribution in [3.63, 3.8) is 0 Å². The van der Waals surface area contributed by atoms with Crippen LogP contribution < -0.4 is 10.1 Å². The maximum atomic E-state index is 13.0. The van der Waals surface area contributed by atoms with E-state index in [1.165, 1.54) is 43.4 Å². The summed E-state index contributed by atoms with van der Waals surface area (Å²) in [6, 6.07) is 22.5. The number of carbonyl (C=O) groups excluding carboxylic acids is 1. The van der Waals surface area contributed by atoms with Gasteiger partial charge in [0.25, 0.3) is 5.91 Å². The molecule has 1 aliphatic carbocycles. The molecule has 37 heavy (non-hydrogen) atoms. The molecule has 1 N–H and O–H groups in total. The molecule has 5 rings (SSSR count). The molecule has 0 radical (unpaired) electrons. The van der Waals surface area contributed by atoms with Crippen LogP contribution in [0.15, 0.2) is 66.7 Å². The zero-order chi connectivity index (χ0) is 25.5. The number of hydrogen-bond acceptors (Lipinski definition) is 3. The van der Waals surface area contributed by atoms with Crippen LogP contribution in [0, 0.1) is 5.92 Å². The second-order valence-corrected chi connectivity index (χ2v) is 11.0. The molecule has 0 aromatic heterocycles. The Morgan fingerprint density at radius 1 is 0.973 bits per heavy atom. The Bertz CT molecular complexity index is 1190. The highest BCUT2D eigenvalue weighted by atomic mass is 35.5. The third kappa shape index (κ3) is 7.83. The van der Waals surface area contributed by atoms with Crippen molar-refractivity contribution in [2.45, 2.75) is 51.5 Å². The van der Waals surface area contributed by atoms with Crippen LogP contribution in [0.2, 0.25) is 5.02 Å². The molecule has 1 saturated carbocycles. The molecule has 5 heteroatoms. The van der Waals surface area contributed by atoms with E-state index in [1.807, 2.05) is 42.5 Å². The summed E-state index contributed by atoms with van der Waals surface area (Å²) in [6.45, 7) is 4.69. The van der Waals surface area contributed by atoms with Gasteiger partial charge in [0, 0.05) is 36.6 Å². The molecule has 1 aliphatic heterocycles. The number of hydrogen-bond donors (Lipinski definition) is 1. The Kier molecular flexibility index (Phi) is 8.80. The molecule has 194 valence electrons. The average Bonchev–Trinajstić information content (AvgIpc) is 3.71. The first-order valence-corrected chi connectivity index (χ1v) is 14.1. The lowest BCUT2D eigenvalue weighted by molar-refractivity contribution is 0.0954. The van der Waals surface area contributed by atoms with Crippen molar-refractivity contribution in [3.05, 3.63) is 99.6 Å². The minimum atomic E-state index is -0.0550. The first-order valence-electron chi connectivity index (χ1n) is 13.7. The van der Waals surface area contributed by atoms with Crippen LogP contribution in [0.25, 0.3) is 0 Å². The average molecular weight is 517 g/mol. The number of ether oxygens (including phenoxy) is 1. The number of rotatable bonds is 6. The van der Waals surface area contributed by atoms with E-state index in [0.717, 1.165) is 60.2 Å². The highest BCUT2D eigenvalue weighted by Crippen LogP contribution is 2.31. The van der Waals surface area contributed by atoms with Gasteiger partial charge in [0.1, 0.15) is 5.75 Å². The normalized spacial score (nSPS) is 16.8. The predicted octanol–water partition coefficient (Wildman–Crippen LogP) is 6.68. The minimum absolute atomic E-state index is 0.0550. The molecular formula is C32H37ClN2O2. The molecule has 4 nitrogen and oxygen atoms in total. The summed E-state index contributed by atoms with van der Waals surface area (Å²) in [4.78, 5) is 15.6. The second kappa shape index (κ2) is 12.6. The smallest absolute Gasteiger partial charge is 0.251 e. The largest absolute Gasteiger partial charge is 0.493 e. The number of nitrogens with zero attached hydrogens (tertiary/aromatic N) is 1. The molecule has 0 spiro atoms. The summed E-state index contributed by atoms with van der Waals surface area (Å²) in [5.74, 6) is 1.73. The van der Waals surface area contributed by atoms with Gasteiger partial charge in [-0.05, 0) is 104 Å². The summed E-state index contributed by atoms with van der Waals surface area (Å²) in [6.07, 6.45) is 7.72. The maximum absolute atomic E-state index is 13.0. The number of benzene rings is 3. The molecule has 1 fully saturated rings. The fraction of sp³-hybridized carbons (Fsp3) is 0.406. The van der Waals surface area contributed by atoms with E-state index in [9.17, 15) is 4.79 Å². The van der Waals surface area contributed by atoms with Crippen molar-refractivity contribution < 1.29 is 9.53 Å². The first kappa shape index (κ1) is 25.8. The zero-order valence-corrected chi connectivity index (χ0v) is 22.3. The Labute approximate surface area is 226 Å². The van der Waals surface area contributed by atoms with Gasteiger partial charge in [-0.2, -0.15) is 0 Å². The van der Waals surface area contributed by atoms with Gasteiger partial charge in [-0.3, -0.25) is 9.69 Å². The highest BCUT2D eigenvalue weighted by Gasteiger charge is 2.24. The zero-order valence-electron chi connectivity index (χ0n) is 21.6. The minimum Gasteiger partial charge on any atom is -0.493 e. The van der Waals surface area contributed by atoms with Gasteiger partial charge in [-0.15, -0.1) is 0 Å². The third-order valence-electron chi connectivity index (χ3n) is 7.32. The topological polar surface area (TPSA) is 41.6 Å². The Morgan fingerprint density at radius 3 is 2.65 bits per heavy atom. The number of carbonyl (C=O) groups is 1. The molecule has 1 amide bonds. The maximum Gasteiger partial charge on any atom is 0.251 e. The summed E-state index contributed by atoms with van der Waals surface area (Å²) in [5, 5.41) is 3.79. The second-order valence-electron chi connectivity index (χ2n) is 10.5. The molecule has 0 saturated heterocycles. The van der Waals surface area contributed by atoms with Crippen LogP contribution in [0.3, 0.4) is 0 Å². The van der Waals surface area contributed by atoms with Gasteiger partial charge in [0.05, 0.1) is 6.61 Å². The lowest BCUT2D eigenvalue weighted by Gasteiger charge is -2.23. The van der Waals surface area contributed by atoms with Crippen molar-refractivity contribution in [1.82, 2.24) is 10.2 Å². The van der Waals surface area contributed by atoms with E-state index in [-0.39, 0.29) is 5.91 Å².